The van der Waals surface area contributed by atoms with E-state index in [9.17, 15) is 4.79 Å². The van der Waals surface area contributed by atoms with Gasteiger partial charge in [0.05, 0.1) is 18.9 Å². The van der Waals surface area contributed by atoms with Crippen LogP contribution in [0.3, 0.4) is 0 Å². The minimum atomic E-state index is -0.0119. The summed E-state index contributed by atoms with van der Waals surface area (Å²) in [6.45, 7) is 1.43. The Labute approximate surface area is 97.0 Å². The van der Waals surface area contributed by atoms with Crippen LogP contribution in [0.15, 0.2) is 23.0 Å². The molecule has 1 aliphatic rings. The maximum absolute atomic E-state index is 12.1. The number of carbonyl (C=O) groups is 1. The smallest absolute Gasteiger partial charge is 0.252 e. The highest BCUT2D eigenvalue weighted by atomic mass is 16.3. The van der Waals surface area contributed by atoms with E-state index in [1.165, 1.54) is 0 Å². The molecule has 0 N–H and O–H groups in total. The zero-order valence-electron chi connectivity index (χ0n) is 9.11. The van der Waals surface area contributed by atoms with Gasteiger partial charge in [-0.25, -0.2) is 4.68 Å². The van der Waals surface area contributed by atoms with Crippen molar-refractivity contribution < 1.29 is 9.21 Å². The number of rotatable bonds is 2. The molecule has 17 heavy (non-hydrogen) atoms. The zero-order chi connectivity index (χ0) is 11.7. The van der Waals surface area contributed by atoms with Crippen LogP contribution >= 0.6 is 0 Å². The van der Waals surface area contributed by atoms with Crippen LogP contribution in [0, 0.1) is 0 Å². The molecule has 0 unspecified atom stereocenters. The third-order valence-corrected chi connectivity index (χ3v) is 2.74. The molecule has 0 atom stereocenters. The van der Waals surface area contributed by atoms with E-state index < -0.39 is 0 Å². The lowest BCUT2D eigenvalue weighted by Crippen LogP contribution is -2.39. The Kier molecular flexibility index (Phi) is 2.36. The molecule has 0 aromatic carbocycles. The van der Waals surface area contributed by atoms with Crippen LogP contribution in [0.2, 0.25) is 0 Å². The van der Waals surface area contributed by atoms with Crippen molar-refractivity contribution >= 4 is 11.9 Å². The van der Waals surface area contributed by atoms with E-state index in [4.69, 9.17) is 4.42 Å². The number of hydrogen-bond donors (Lipinski definition) is 0. The van der Waals surface area contributed by atoms with Crippen molar-refractivity contribution in [3.05, 3.63) is 24.2 Å². The number of fused-ring (bicyclic) bond motifs is 1. The van der Waals surface area contributed by atoms with Crippen LogP contribution < -0.4 is 4.90 Å². The van der Waals surface area contributed by atoms with Gasteiger partial charge in [0.2, 0.25) is 5.91 Å². The number of aryl methyl sites for hydroxylation is 1. The van der Waals surface area contributed by atoms with Crippen molar-refractivity contribution in [3.63, 3.8) is 0 Å². The standard InChI is InChI=1S/C10H11N5O2/c16-9(6-8-2-5-17-7-8)14-3-1-4-15-10(14)11-12-13-15/h2,5,7H,1,3-4,6H2. The normalized spacial score (nSPS) is 14.7. The van der Waals surface area contributed by atoms with Crippen LogP contribution in [-0.2, 0) is 17.8 Å². The Bertz CT molecular complexity index is 519. The summed E-state index contributed by atoms with van der Waals surface area (Å²) in [5.74, 6) is 0.520. The highest BCUT2D eigenvalue weighted by molar-refractivity contribution is 5.93. The van der Waals surface area contributed by atoms with E-state index in [0.717, 1.165) is 18.5 Å². The highest BCUT2D eigenvalue weighted by Crippen LogP contribution is 2.17. The van der Waals surface area contributed by atoms with Gasteiger partial charge in [0, 0.05) is 13.1 Å². The van der Waals surface area contributed by atoms with Gasteiger partial charge in [0.25, 0.3) is 5.95 Å². The van der Waals surface area contributed by atoms with Crippen molar-refractivity contribution in [2.45, 2.75) is 19.4 Å². The molecule has 0 fully saturated rings. The lowest BCUT2D eigenvalue weighted by Gasteiger charge is -2.24. The van der Waals surface area contributed by atoms with Crippen LogP contribution in [-0.4, -0.2) is 32.7 Å². The van der Waals surface area contributed by atoms with Gasteiger partial charge < -0.3 is 4.42 Å². The van der Waals surface area contributed by atoms with Crippen LogP contribution in [0.25, 0.3) is 0 Å². The molecule has 0 saturated carbocycles. The maximum Gasteiger partial charge on any atom is 0.252 e. The first-order valence-corrected chi connectivity index (χ1v) is 5.42. The summed E-state index contributed by atoms with van der Waals surface area (Å²) in [6.07, 6.45) is 4.31. The third-order valence-electron chi connectivity index (χ3n) is 2.74. The molecule has 0 saturated heterocycles. The summed E-state index contributed by atoms with van der Waals surface area (Å²) in [5.41, 5.74) is 0.861. The van der Waals surface area contributed by atoms with E-state index in [-0.39, 0.29) is 5.91 Å². The molecule has 2 aromatic heterocycles. The van der Waals surface area contributed by atoms with Gasteiger partial charge in [0.15, 0.2) is 0 Å². The fourth-order valence-corrected chi connectivity index (χ4v) is 1.92. The molecule has 7 nitrogen and oxygen atoms in total. The Morgan fingerprint density at radius 3 is 3.24 bits per heavy atom. The molecule has 0 aliphatic carbocycles. The molecule has 1 aliphatic heterocycles. The van der Waals surface area contributed by atoms with Crippen molar-refractivity contribution in [2.24, 2.45) is 0 Å². The SMILES string of the molecule is O=C(Cc1ccoc1)N1CCCn2nnnc21. The van der Waals surface area contributed by atoms with Gasteiger partial charge in [-0.1, -0.05) is 5.10 Å². The van der Waals surface area contributed by atoms with E-state index in [1.54, 1.807) is 28.2 Å². The average molecular weight is 233 g/mol. The molecular weight excluding hydrogens is 222 g/mol. The molecule has 0 spiro atoms. The monoisotopic (exact) mass is 233 g/mol. The Balaban J connectivity index is 1.80. The molecule has 3 rings (SSSR count). The summed E-state index contributed by atoms with van der Waals surface area (Å²) >= 11 is 0. The summed E-state index contributed by atoms with van der Waals surface area (Å²) in [6, 6.07) is 1.78. The summed E-state index contributed by atoms with van der Waals surface area (Å²) in [5, 5.41) is 11.3. The van der Waals surface area contributed by atoms with Crippen molar-refractivity contribution in [1.82, 2.24) is 20.2 Å². The van der Waals surface area contributed by atoms with Crippen LogP contribution in [0.1, 0.15) is 12.0 Å². The molecule has 1 amide bonds. The predicted octanol–water partition coefficient (Wildman–Crippen LogP) is 0.245. The number of carbonyl (C=O) groups excluding carboxylic acids is 1. The van der Waals surface area contributed by atoms with Gasteiger partial charge in [-0.05, 0) is 28.5 Å². The molecule has 7 heteroatoms. The van der Waals surface area contributed by atoms with E-state index in [0.29, 0.717) is 18.9 Å². The average Bonchev–Trinajstić information content (AvgIpc) is 2.97. The van der Waals surface area contributed by atoms with Gasteiger partial charge >= 0.3 is 0 Å². The highest BCUT2D eigenvalue weighted by Gasteiger charge is 2.25. The number of nitrogens with zero attached hydrogens (tertiary/aromatic N) is 5. The lowest BCUT2D eigenvalue weighted by atomic mass is 10.2. The fraction of sp³-hybridized carbons (Fsp3) is 0.400. The van der Waals surface area contributed by atoms with Gasteiger partial charge in [0.1, 0.15) is 0 Å². The number of furan rings is 1. The number of anilines is 1. The van der Waals surface area contributed by atoms with Crippen molar-refractivity contribution in [2.75, 3.05) is 11.4 Å². The maximum atomic E-state index is 12.1. The lowest BCUT2D eigenvalue weighted by molar-refractivity contribution is -0.118. The fourth-order valence-electron chi connectivity index (χ4n) is 1.92. The predicted molar refractivity (Wildman–Crippen MR) is 57.2 cm³/mol. The quantitative estimate of drug-likeness (QED) is 0.742. The summed E-state index contributed by atoms with van der Waals surface area (Å²) < 4.78 is 6.59. The first kappa shape index (κ1) is 10.0. The molecular formula is C10H11N5O2. The van der Waals surface area contributed by atoms with Crippen molar-refractivity contribution in [3.8, 4) is 0 Å². The second-order valence-corrected chi connectivity index (χ2v) is 3.91. The van der Waals surface area contributed by atoms with E-state index in [2.05, 4.69) is 15.5 Å². The third kappa shape index (κ3) is 1.79. The second kappa shape index (κ2) is 4.00. The van der Waals surface area contributed by atoms with E-state index in [1.807, 2.05) is 0 Å². The second-order valence-electron chi connectivity index (χ2n) is 3.91. The number of hydrogen-bond acceptors (Lipinski definition) is 5. The first-order chi connectivity index (χ1) is 8.34. The molecule has 2 aromatic rings. The van der Waals surface area contributed by atoms with Gasteiger partial charge in [-0.2, -0.15) is 0 Å². The molecule has 0 radical (unpaired) electrons. The Hall–Kier alpha value is -2.18. The topological polar surface area (TPSA) is 77.0 Å². The Morgan fingerprint density at radius 1 is 1.47 bits per heavy atom. The van der Waals surface area contributed by atoms with Crippen LogP contribution in [0.5, 0.6) is 0 Å². The summed E-state index contributed by atoms with van der Waals surface area (Å²) in [4.78, 5) is 13.7. The number of amides is 1. The number of tetrazole rings is 1. The van der Waals surface area contributed by atoms with Gasteiger partial charge in [-0.3, -0.25) is 9.69 Å². The largest absolute Gasteiger partial charge is 0.472 e. The van der Waals surface area contributed by atoms with E-state index >= 15 is 0 Å². The minimum Gasteiger partial charge on any atom is -0.472 e. The van der Waals surface area contributed by atoms with Crippen molar-refractivity contribution in [1.29, 1.82) is 0 Å². The minimum absolute atomic E-state index is 0.0119. The molecule has 3 heterocycles. The number of aromatic nitrogens is 4. The summed E-state index contributed by atoms with van der Waals surface area (Å²) in [7, 11) is 0. The Morgan fingerprint density at radius 2 is 2.41 bits per heavy atom. The first-order valence-electron chi connectivity index (χ1n) is 5.42. The van der Waals surface area contributed by atoms with Crippen LogP contribution in [0.4, 0.5) is 5.95 Å². The zero-order valence-corrected chi connectivity index (χ0v) is 9.11. The molecule has 0 bridgehead atoms. The van der Waals surface area contributed by atoms with Gasteiger partial charge in [-0.15, -0.1) is 0 Å². The molecule has 88 valence electrons.